The van der Waals surface area contributed by atoms with Gasteiger partial charge in [0.25, 0.3) is 0 Å². The first kappa shape index (κ1) is 13.9. The number of hydrogen-bond acceptors (Lipinski definition) is 1. The van der Waals surface area contributed by atoms with E-state index < -0.39 is 17.5 Å². The van der Waals surface area contributed by atoms with Crippen molar-refractivity contribution in [2.24, 2.45) is 0 Å². The second kappa shape index (κ2) is 5.63. The smallest absolute Gasteiger partial charge is 0.161 e. The minimum atomic E-state index is -1.20. The summed E-state index contributed by atoms with van der Waals surface area (Å²) >= 11 is 5.88. The van der Waals surface area contributed by atoms with Gasteiger partial charge in [0.1, 0.15) is 5.82 Å². The van der Waals surface area contributed by atoms with E-state index in [9.17, 15) is 13.2 Å². The van der Waals surface area contributed by atoms with Crippen molar-refractivity contribution in [3.63, 3.8) is 0 Å². The Labute approximate surface area is 114 Å². The Morgan fingerprint density at radius 3 is 2.32 bits per heavy atom. The predicted molar refractivity (Wildman–Crippen MR) is 69.5 cm³/mol. The lowest BCUT2D eigenvalue weighted by molar-refractivity contribution is 0.496. The molecule has 0 unspecified atom stereocenters. The van der Waals surface area contributed by atoms with Crippen LogP contribution >= 0.6 is 11.6 Å². The van der Waals surface area contributed by atoms with Gasteiger partial charge in [-0.1, -0.05) is 17.7 Å². The van der Waals surface area contributed by atoms with Crippen LogP contribution in [0, 0.1) is 17.5 Å². The molecule has 0 aromatic heterocycles. The fraction of sp³-hybridized carbons (Fsp3) is 0.143. The van der Waals surface area contributed by atoms with Crippen LogP contribution in [0.4, 0.5) is 13.2 Å². The van der Waals surface area contributed by atoms with Gasteiger partial charge >= 0.3 is 0 Å². The van der Waals surface area contributed by atoms with Crippen molar-refractivity contribution in [2.75, 3.05) is 7.05 Å². The Morgan fingerprint density at radius 1 is 0.947 bits per heavy atom. The summed E-state index contributed by atoms with van der Waals surface area (Å²) in [6.07, 6.45) is 0. The minimum Gasteiger partial charge on any atom is -0.316 e. The quantitative estimate of drug-likeness (QED) is 0.836. The molecule has 0 radical (unpaired) electrons. The van der Waals surface area contributed by atoms with Gasteiger partial charge < -0.3 is 5.32 Å². The van der Waals surface area contributed by atoms with E-state index in [1.165, 1.54) is 0 Å². The van der Waals surface area contributed by atoms with Gasteiger partial charge in [0.15, 0.2) is 11.6 Å². The standard InChI is InChI=1S/C14H11ClF3N/c1-19-7-8-4-9(15)2-3-10(8)11-5-13(17)14(18)6-12(11)16/h2-6,19H,7H2,1H3. The Balaban J connectivity index is 2.61. The van der Waals surface area contributed by atoms with Gasteiger partial charge in [-0.05, 0) is 36.4 Å². The van der Waals surface area contributed by atoms with Crippen LogP contribution in [0.15, 0.2) is 30.3 Å². The highest BCUT2D eigenvalue weighted by molar-refractivity contribution is 6.30. The Bertz CT molecular complexity index is 614. The lowest BCUT2D eigenvalue weighted by atomic mass is 9.99. The first-order chi connectivity index (χ1) is 9.02. The summed E-state index contributed by atoms with van der Waals surface area (Å²) in [4.78, 5) is 0. The maximum Gasteiger partial charge on any atom is 0.161 e. The van der Waals surface area contributed by atoms with Gasteiger partial charge in [-0.2, -0.15) is 0 Å². The maximum absolute atomic E-state index is 13.8. The van der Waals surface area contributed by atoms with Crippen molar-refractivity contribution in [1.82, 2.24) is 5.32 Å². The van der Waals surface area contributed by atoms with Crippen molar-refractivity contribution < 1.29 is 13.2 Å². The normalized spacial score (nSPS) is 10.8. The van der Waals surface area contributed by atoms with Crippen LogP contribution in [0.2, 0.25) is 5.02 Å². The van der Waals surface area contributed by atoms with Crippen LogP contribution < -0.4 is 5.32 Å². The average Bonchev–Trinajstić information content (AvgIpc) is 2.35. The molecule has 1 nitrogen and oxygen atoms in total. The molecule has 0 atom stereocenters. The molecule has 0 spiro atoms. The van der Waals surface area contributed by atoms with Crippen LogP contribution in [-0.4, -0.2) is 7.05 Å². The summed E-state index contributed by atoms with van der Waals surface area (Å²) in [5.41, 5.74) is 1.20. The van der Waals surface area contributed by atoms with E-state index in [1.54, 1.807) is 25.2 Å². The fourth-order valence-corrected chi connectivity index (χ4v) is 2.09. The summed E-state index contributed by atoms with van der Waals surface area (Å²) in [7, 11) is 1.73. The zero-order valence-corrected chi connectivity index (χ0v) is 10.9. The molecule has 2 aromatic carbocycles. The lowest BCUT2D eigenvalue weighted by Crippen LogP contribution is -2.07. The maximum atomic E-state index is 13.8. The highest BCUT2D eigenvalue weighted by atomic mass is 35.5. The Kier molecular flexibility index (Phi) is 4.12. The topological polar surface area (TPSA) is 12.0 Å². The third-order valence-electron chi connectivity index (χ3n) is 2.73. The summed E-state index contributed by atoms with van der Waals surface area (Å²) in [5, 5.41) is 3.42. The molecule has 0 bridgehead atoms. The molecular weight excluding hydrogens is 275 g/mol. The molecule has 0 aliphatic heterocycles. The number of hydrogen-bond donors (Lipinski definition) is 1. The van der Waals surface area contributed by atoms with Crippen molar-refractivity contribution >= 4 is 11.6 Å². The van der Waals surface area contributed by atoms with E-state index in [4.69, 9.17) is 11.6 Å². The third-order valence-corrected chi connectivity index (χ3v) is 2.97. The molecule has 19 heavy (non-hydrogen) atoms. The summed E-state index contributed by atoms with van der Waals surface area (Å²) in [6, 6.07) is 6.23. The van der Waals surface area contributed by atoms with Gasteiger partial charge in [-0.3, -0.25) is 0 Å². The Hall–Kier alpha value is -1.52. The fourth-order valence-electron chi connectivity index (χ4n) is 1.89. The van der Waals surface area contributed by atoms with E-state index in [1.807, 2.05) is 0 Å². The van der Waals surface area contributed by atoms with E-state index in [0.29, 0.717) is 28.8 Å². The van der Waals surface area contributed by atoms with Gasteiger partial charge in [0.2, 0.25) is 0 Å². The number of nitrogens with one attached hydrogen (secondary N) is 1. The van der Waals surface area contributed by atoms with Crippen LogP contribution in [0.25, 0.3) is 11.1 Å². The molecule has 1 N–H and O–H groups in total. The molecule has 5 heteroatoms. The highest BCUT2D eigenvalue weighted by Crippen LogP contribution is 2.30. The predicted octanol–water partition coefficient (Wildman–Crippen LogP) is 4.14. The average molecular weight is 286 g/mol. The first-order valence-electron chi connectivity index (χ1n) is 5.61. The molecule has 0 saturated carbocycles. The molecule has 0 aliphatic carbocycles. The molecule has 0 heterocycles. The van der Waals surface area contributed by atoms with Crippen molar-refractivity contribution in [3.8, 4) is 11.1 Å². The zero-order chi connectivity index (χ0) is 14.0. The van der Waals surface area contributed by atoms with Gasteiger partial charge in [0.05, 0.1) is 0 Å². The van der Waals surface area contributed by atoms with Crippen LogP contribution in [0.1, 0.15) is 5.56 Å². The minimum absolute atomic E-state index is 0.0146. The lowest BCUT2D eigenvalue weighted by Gasteiger charge is -2.11. The van der Waals surface area contributed by atoms with Crippen molar-refractivity contribution in [1.29, 1.82) is 0 Å². The van der Waals surface area contributed by atoms with Gasteiger partial charge in [-0.15, -0.1) is 0 Å². The number of halogens is 4. The molecule has 0 fully saturated rings. The van der Waals surface area contributed by atoms with Crippen LogP contribution in [-0.2, 0) is 6.54 Å². The number of rotatable bonds is 3. The molecule has 0 saturated heterocycles. The second-order valence-electron chi connectivity index (χ2n) is 4.08. The highest BCUT2D eigenvalue weighted by Gasteiger charge is 2.14. The van der Waals surface area contributed by atoms with Crippen molar-refractivity contribution in [2.45, 2.75) is 6.54 Å². The van der Waals surface area contributed by atoms with E-state index in [2.05, 4.69) is 5.32 Å². The van der Waals surface area contributed by atoms with E-state index in [-0.39, 0.29) is 5.56 Å². The first-order valence-corrected chi connectivity index (χ1v) is 5.98. The molecular formula is C14H11ClF3N. The largest absolute Gasteiger partial charge is 0.316 e. The van der Waals surface area contributed by atoms with Gasteiger partial charge in [0, 0.05) is 23.2 Å². The molecule has 2 aromatic rings. The summed E-state index contributed by atoms with van der Waals surface area (Å²) in [6.45, 7) is 0.439. The molecule has 0 amide bonds. The van der Waals surface area contributed by atoms with Crippen LogP contribution in [0.5, 0.6) is 0 Å². The summed E-state index contributed by atoms with van der Waals surface area (Å²) < 4.78 is 40.0. The molecule has 100 valence electrons. The van der Waals surface area contributed by atoms with E-state index in [0.717, 1.165) is 6.07 Å². The monoisotopic (exact) mass is 285 g/mol. The van der Waals surface area contributed by atoms with Crippen molar-refractivity contribution in [3.05, 3.63) is 58.4 Å². The number of benzene rings is 2. The summed E-state index contributed by atoms with van der Waals surface area (Å²) in [5.74, 6) is -3.09. The third kappa shape index (κ3) is 2.91. The second-order valence-corrected chi connectivity index (χ2v) is 4.51. The zero-order valence-electron chi connectivity index (χ0n) is 10.1. The SMILES string of the molecule is CNCc1cc(Cl)ccc1-c1cc(F)c(F)cc1F. The van der Waals surface area contributed by atoms with Crippen LogP contribution in [0.3, 0.4) is 0 Å². The van der Waals surface area contributed by atoms with E-state index >= 15 is 0 Å². The van der Waals surface area contributed by atoms with Gasteiger partial charge in [-0.25, -0.2) is 13.2 Å². The Morgan fingerprint density at radius 2 is 1.63 bits per heavy atom. The molecule has 0 aliphatic rings. The molecule has 2 rings (SSSR count).